The van der Waals surface area contributed by atoms with E-state index in [0.29, 0.717) is 0 Å². The maximum atomic E-state index is 3.27. The van der Waals surface area contributed by atoms with Gasteiger partial charge in [0.25, 0.3) is 0 Å². The highest BCUT2D eigenvalue weighted by molar-refractivity contribution is 7.99. The lowest BCUT2D eigenvalue weighted by molar-refractivity contribution is 0.791. The van der Waals surface area contributed by atoms with E-state index >= 15 is 0 Å². The zero-order chi connectivity index (χ0) is 7.52. The lowest BCUT2D eigenvalue weighted by Crippen LogP contribution is -2.30. The van der Waals surface area contributed by atoms with Gasteiger partial charge in [-0.2, -0.15) is 0 Å². The smallest absolute Gasteiger partial charge is 0.0813 e. The fourth-order valence-corrected chi connectivity index (χ4v) is 1.84. The topological polar surface area (TPSA) is 15.3 Å². The van der Waals surface area contributed by atoms with Gasteiger partial charge in [-0.1, -0.05) is 18.2 Å². The molecule has 2 rings (SSSR count). The first-order valence-electron chi connectivity index (χ1n) is 3.61. The van der Waals surface area contributed by atoms with Crippen LogP contribution >= 0.6 is 11.8 Å². The first-order chi connectivity index (χ1) is 5.47. The highest BCUT2D eigenvalue weighted by Gasteiger charge is 2.10. The summed E-state index contributed by atoms with van der Waals surface area (Å²) in [5.74, 6) is 2.07. The number of hydrogen-bond donors (Lipinski definition) is 1. The van der Waals surface area contributed by atoms with E-state index in [1.165, 1.54) is 5.69 Å². The summed E-state index contributed by atoms with van der Waals surface area (Å²) in [5, 5.41) is 2.16. The van der Waals surface area contributed by atoms with Crippen LogP contribution in [0.1, 0.15) is 0 Å². The molecule has 0 unspecified atom stereocenters. The van der Waals surface area contributed by atoms with Crippen molar-refractivity contribution >= 4 is 17.4 Å². The van der Waals surface area contributed by atoms with E-state index in [1.54, 1.807) is 0 Å². The van der Waals surface area contributed by atoms with Crippen LogP contribution in [-0.4, -0.2) is 11.8 Å². The Labute approximate surface area is 70.6 Å². The number of benzene rings is 1. The van der Waals surface area contributed by atoms with Crippen molar-refractivity contribution in [1.82, 2.24) is 5.43 Å². The van der Waals surface area contributed by atoms with Gasteiger partial charge in [0.2, 0.25) is 0 Å². The number of nitrogens with one attached hydrogen (secondary N) is 1. The van der Waals surface area contributed by atoms with Crippen LogP contribution in [0.2, 0.25) is 0 Å². The van der Waals surface area contributed by atoms with Crippen LogP contribution < -0.4 is 10.4 Å². The minimum Gasteiger partial charge on any atom is -0.298 e. The third kappa shape index (κ3) is 1.49. The maximum Gasteiger partial charge on any atom is 0.0813 e. The number of hydrogen-bond acceptors (Lipinski definition) is 3. The number of thioether (sulfide) groups is 1. The second-order valence-corrected chi connectivity index (χ2v) is 3.35. The van der Waals surface area contributed by atoms with E-state index in [1.807, 2.05) is 17.8 Å². The average Bonchev–Trinajstić information content (AvgIpc) is 2.58. The van der Waals surface area contributed by atoms with Crippen molar-refractivity contribution in [3.63, 3.8) is 0 Å². The molecule has 3 heteroatoms. The molecule has 0 saturated carbocycles. The first kappa shape index (κ1) is 7.00. The number of para-hydroxylation sites is 1. The van der Waals surface area contributed by atoms with Crippen molar-refractivity contribution < 1.29 is 0 Å². The molecule has 1 aliphatic rings. The quantitative estimate of drug-likeness (QED) is 0.683. The van der Waals surface area contributed by atoms with Crippen molar-refractivity contribution in [3.8, 4) is 0 Å². The van der Waals surface area contributed by atoms with Crippen LogP contribution in [0.25, 0.3) is 0 Å². The molecule has 0 aliphatic carbocycles. The molecule has 0 amide bonds. The Bertz CT molecular complexity index is 219. The zero-order valence-electron chi connectivity index (χ0n) is 6.16. The van der Waals surface area contributed by atoms with Crippen molar-refractivity contribution in [1.29, 1.82) is 0 Å². The molecule has 0 radical (unpaired) electrons. The molecule has 58 valence electrons. The lowest BCUT2D eigenvalue weighted by atomic mass is 10.3. The van der Waals surface area contributed by atoms with Gasteiger partial charge in [0.05, 0.1) is 17.4 Å². The Morgan fingerprint density at radius 1 is 1.27 bits per heavy atom. The third-order valence-electron chi connectivity index (χ3n) is 1.65. The normalized spacial score (nSPS) is 17.3. The molecular weight excluding hydrogens is 156 g/mol. The third-order valence-corrected chi connectivity index (χ3v) is 2.42. The van der Waals surface area contributed by atoms with Gasteiger partial charge in [0.1, 0.15) is 0 Å². The van der Waals surface area contributed by atoms with Gasteiger partial charge in [-0.15, -0.1) is 11.8 Å². The molecule has 2 nitrogen and oxygen atoms in total. The molecule has 1 saturated heterocycles. The van der Waals surface area contributed by atoms with E-state index < -0.39 is 0 Å². The summed E-state index contributed by atoms with van der Waals surface area (Å²) in [6.07, 6.45) is 0. The highest BCUT2D eigenvalue weighted by atomic mass is 32.2. The number of nitrogens with zero attached hydrogens (tertiary/aromatic N) is 1. The molecule has 1 heterocycles. The standard InChI is InChI=1S/C8H10N2S/c1-2-4-8(5-3-1)10-7-11-6-9-10/h1-5,9H,6-7H2. The Morgan fingerprint density at radius 2 is 2.09 bits per heavy atom. The molecule has 1 fully saturated rings. The second-order valence-electron chi connectivity index (χ2n) is 2.40. The average molecular weight is 166 g/mol. The van der Waals surface area contributed by atoms with Crippen molar-refractivity contribution in [2.75, 3.05) is 16.8 Å². The highest BCUT2D eigenvalue weighted by Crippen LogP contribution is 2.18. The molecule has 0 spiro atoms. The largest absolute Gasteiger partial charge is 0.298 e. The van der Waals surface area contributed by atoms with E-state index in [9.17, 15) is 0 Å². The molecule has 0 atom stereocenters. The van der Waals surface area contributed by atoms with Gasteiger partial charge in [-0.3, -0.25) is 5.01 Å². The zero-order valence-corrected chi connectivity index (χ0v) is 6.97. The Morgan fingerprint density at radius 3 is 2.73 bits per heavy atom. The first-order valence-corrected chi connectivity index (χ1v) is 4.76. The Kier molecular flexibility index (Phi) is 2.01. The molecule has 1 aliphatic heterocycles. The summed E-state index contributed by atoms with van der Waals surface area (Å²) in [7, 11) is 0. The van der Waals surface area contributed by atoms with Gasteiger partial charge < -0.3 is 0 Å². The van der Waals surface area contributed by atoms with Crippen LogP contribution in [0.4, 0.5) is 5.69 Å². The molecular formula is C8H10N2S. The van der Waals surface area contributed by atoms with Gasteiger partial charge in [-0.05, 0) is 12.1 Å². The molecule has 1 aromatic rings. The van der Waals surface area contributed by atoms with Crippen LogP contribution in [0.3, 0.4) is 0 Å². The minimum absolute atomic E-state index is 1.02. The molecule has 1 N–H and O–H groups in total. The fraction of sp³-hybridized carbons (Fsp3) is 0.250. The second kappa shape index (κ2) is 3.15. The number of rotatable bonds is 1. The monoisotopic (exact) mass is 166 g/mol. The Hall–Kier alpha value is -0.670. The molecule has 11 heavy (non-hydrogen) atoms. The van der Waals surface area contributed by atoms with Crippen molar-refractivity contribution in [3.05, 3.63) is 30.3 Å². The van der Waals surface area contributed by atoms with Gasteiger partial charge >= 0.3 is 0 Å². The van der Waals surface area contributed by atoms with Crippen molar-refractivity contribution in [2.45, 2.75) is 0 Å². The van der Waals surface area contributed by atoms with E-state index in [4.69, 9.17) is 0 Å². The van der Waals surface area contributed by atoms with E-state index in [0.717, 1.165) is 11.8 Å². The summed E-state index contributed by atoms with van der Waals surface area (Å²) in [6, 6.07) is 10.4. The molecule has 0 bridgehead atoms. The number of hydrazine groups is 1. The van der Waals surface area contributed by atoms with Crippen LogP contribution in [-0.2, 0) is 0 Å². The predicted octanol–water partition coefficient (Wildman–Crippen LogP) is 1.66. The SMILES string of the molecule is c1ccc(N2CSCN2)cc1. The lowest BCUT2D eigenvalue weighted by Gasteiger charge is -2.15. The fourth-order valence-electron chi connectivity index (χ4n) is 1.08. The van der Waals surface area contributed by atoms with Crippen LogP contribution in [0, 0.1) is 0 Å². The van der Waals surface area contributed by atoms with Crippen LogP contribution in [0.5, 0.6) is 0 Å². The summed E-state index contributed by atoms with van der Waals surface area (Å²) in [5.41, 5.74) is 4.52. The van der Waals surface area contributed by atoms with Gasteiger partial charge in [0, 0.05) is 0 Å². The van der Waals surface area contributed by atoms with Crippen molar-refractivity contribution in [2.24, 2.45) is 0 Å². The summed E-state index contributed by atoms with van der Waals surface area (Å²) in [6.45, 7) is 0. The summed E-state index contributed by atoms with van der Waals surface area (Å²) >= 11 is 1.89. The molecule has 1 aromatic carbocycles. The van der Waals surface area contributed by atoms with Crippen LogP contribution in [0.15, 0.2) is 30.3 Å². The van der Waals surface area contributed by atoms with Gasteiger partial charge in [0.15, 0.2) is 0 Å². The molecule has 0 aromatic heterocycles. The Balaban J connectivity index is 2.16. The maximum absolute atomic E-state index is 3.27. The van der Waals surface area contributed by atoms with E-state index in [-0.39, 0.29) is 0 Å². The predicted molar refractivity (Wildman–Crippen MR) is 49.4 cm³/mol. The number of anilines is 1. The minimum atomic E-state index is 1.02. The van der Waals surface area contributed by atoms with Gasteiger partial charge in [-0.25, -0.2) is 5.43 Å². The summed E-state index contributed by atoms with van der Waals surface area (Å²) in [4.78, 5) is 0. The van der Waals surface area contributed by atoms with E-state index in [2.05, 4.69) is 34.7 Å². The summed E-state index contributed by atoms with van der Waals surface area (Å²) < 4.78 is 0.